The molecular formula is C26H22FN3O3S. The molecule has 6 nitrogen and oxygen atoms in total. The quantitative estimate of drug-likeness (QED) is 0.609. The number of benzene rings is 3. The van der Waals surface area contributed by atoms with Crippen LogP contribution in [0.5, 0.6) is 0 Å². The summed E-state index contributed by atoms with van der Waals surface area (Å²) in [4.78, 5) is 41.5. The fourth-order valence-electron chi connectivity index (χ4n) is 4.56. The Balaban J connectivity index is 1.54. The molecule has 2 aliphatic heterocycles. The number of amides is 3. The van der Waals surface area contributed by atoms with Crippen molar-refractivity contribution in [2.75, 3.05) is 27.4 Å². The molecule has 2 heterocycles. The minimum Gasteiger partial charge on any atom is -0.325 e. The van der Waals surface area contributed by atoms with Crippen LogP contribution in [0.15, 0.2) is 66.7 Å². The van der Waals surface area contributed by atoms with E-state index in [-0.39, 0.29) is 30.0 Å². The highest BCUT2D eigenvalue weighted by Gasteiger charge is 2.61. The number of anilines is 3. The van der Waals surface area contributed by atoms with E-state index in [9.17, 15) is 18.8 Å². The first kappa shape index (κ1) is 22.2. The molecule has 1 unspecified atom stereocenters. The van der Waals surface area contributed by atoms with Crippen LogP contribution < -0.4 is 15.1 Å². The van der Waals surface area contributed by atoms with Gasteiger partial charge >= 0.3 is 0 Å². The van der Waals surface area contributed by atoms with Gasteiger partial charge in [-0.15, -0.1) is 11.8 Å². The van der Waals surface area contributed by atoms with E-state index in [4.69, 9.17) is 0 Å². The fraction of sp³-hybridized carbons (Fsp3) is 0.192. The maximum Gasteiger partial charge on any atom is 0.269 e. The lowest BCUT2D eigenvalue weighted by Gasteiger charge is -2.33. The maximum absolute atomic E-state index is 14.0. The number of carbonyl (C=O) groups is 3. The Morgan fingerprint density at radius 3 is 2.44 bits per heavy atom. The van der Waals surface area contributed by atoms with Crippen molar-refractivity contribution in [3.63, 3.8) is 0 Å². The predicted molar refractivity (Wildman–Crippen MR) is 131 cm³/mol. The number of hydrogen-bond acceptors (Lipinski definition) is 4. The van der Waals surface area contributed by atoms with Gasteiger partial charge in [0.05, 0.1) is 11.4 Å². The normalized spacial score (nSPS) is 19.1. The third-order valence-corrected chi connectivity index (χ3v) is 7.48. The Bertz CT molecular complexity index is 1310. The third kappa shape index (κ3) is 3.45. The smallest absolute Gasteiger partial charge is 0.269 e. The number of thioether (sulfide) groups is 1. The van der Waals surface area contributed by atoms with Gasteiger partial charge in [-0.25, -0.2) is 4.39 Å². The Morgan fingerprint density at radius 2 is 1.74 bits per heavy atom. The van der Waals surface area contributed by atoms with Gasteiger partial charge in [-0.3, -0.25) is 24.2 Å². The summed E-state index contributed by atoms with van der Waals surface area (Å²) >= 11 is 1.22. The van der Waals surface area contributed by atoms with E-state index in [0.29, 0.717) is 22.6 Å². The zero-order chi connectivity index (χ0) is 24.0. The third-order valence-electron chi connectivity index (χ3n) is 6.10. The summed E-state index contributed by atoms with van der Waals surface area (Å²) < 4.78 is 13.6. The van der Waals surface area contributed by atoms with Gasteiger partial charge in [-0.05, 0) is 55.8 Å². The molecule has 8 heteroatoms. The standard InChI is InChI=1S/C26H22FN3O3S/c1-16-6-10-19(11-7-16)28-22(31)14-29-24-17(2)4-3-5-21(24)26(25(29)33)30(23(32)15-34-26)20-12-8-18(27)9-13-20/h3-13H,14-15H2,1-2H3,(H,28,31). The van der Waals surface area contributed by atoms with Crippen molar-refractivity contribution >= 4 is 46.5 Å². The number of fused-ring (bicyclic) bond motifs is 2. The summed E-state index contributed by atoms with van der Waals surface area (Å²) in [5, 5.41) is 2.84. The van der Waals surface area contributed by atoms with Crippen molar-refractivity contribution in [2.24, 2.45) is 0 Å². The van der Waals surface area contributed by atoms with Gasteiger partial charge in [0.25, 0.3) is 5.91 Å². The lowest BCUT2D eigenvalue weighted by atomic mass is 10.0. The second-order valence-electron chi connectivity index (χ2n) is 8.41. The molecule has 0 aromatic heterocycles. The van der Waals surface area contributed by atoms with Crippen LogP contribution in [-0.4, -0.2) is 30.0 Å². The number of carbonyl (C=O) groups excluding carboxylic acids is 3. The van der Waals surface area contributed by atoms with E-state index >= 15 is 0 Å². The SMILES string of the molecule is Cc1ccc(NC(=O)CN2C(=O)C3(SCC(=O)N3c3ccc(F)cc3)c3cccc(C)c32)cc1. The van der Waals surface area contributed by atoms with Crippen LogP contribution in [0, 0.1) is 19.7 Å². The predicted octanol–water partition coefficient (Wildman–Crippen LogP) is 4.36. The van der Waals surface area contributed by atoms with E-state index in [0.717, 1.165) is 11.1 Å². The first-order chi connectivity index (χ1) is 16.3. The zero-order valence-corrected chi connectivity index (χ0v) is 19.5. The number of halogens is 1. The van der Waals surface area contributed by atoms with Gasteiger partial charge in [0, 0.05) is 16.9 Å². The second-order valence-corrected chi connectivity index (χ2v) is 9.58. The second kappa shape index (κ2) is 8.29. The monoisotopic (exact) mass is 475 g/mol. The molecule has 3 aromatic carbocycles. The molecule has 172 valence electrons. The van der Waals surface area contributed by atoms with Crippen molar-refractivity contribution in [1.29, 1.82) is 0 Å². The lowest BCUT2D eigenvalue weighted by molar-refractivity contribution is -0.124. The average molecular weight is 476 g/mol. The molecule has 1 saturated heterocycles. The first-order valence-corrected chi connectivity index (χ1v) is 11.8. The zero-order valence-electron chi connectivity index (χ0n) is 18.7. The minimum absolute atomic E-state index is 0.0971. The average Bonchev–Trinajstić information content (AvgIpc) is 3.27. The number of nitrogens with one attached hydrogen (secondary N) is 1. The van der Waals surface area contributed by atoms with Crippen LogP contribution in [0.4, 0.5) is 21.5 Å². The molecule has 5 rings (SSSR count). The van der Waals surface area contributed by atoms with Crippen molar-refractivity contribution < 1.29 is 18.8 Å². The highest BCUT2D eigenvalue weighted by molar-refractivity contribution is 8.02. The molecule has 1 fully saturated rings. The van der Waals surface area contributed by atoms with Gasteiger partial charge in [0.15, 0.2) is 0 Å². The minimum atomic E-state index is -1.35. The fourth-order valence-corrected chi connectivity index (χ4v) is 5.92. The van der Waals surface area contributed by atoms with Crippen molar-refractivity contribution in [3.8, 4) is 0 Å². The summed E-state index contributed by atoms with van der Waals surface area (Å²) in [5.74, 6) is -1.29. The van der Waals surface area contributed by atoms with Crippen LogP contribution in [0.25, 0.3) is 0 Å². The first-order valence-electron chi connectivity index (χ1n) is 10.8. The van der Waals surface area contributed by atoms with Gasteiger partial charge in [-0.2, -0.15) is 0 Å². The summed E-state index contributed by atoms with van der Waals surface area (Å²) in [6.45, 7) is 3.64. The van der Waals surface area contributed by atoms with E-state index in [1.807, 2.05) is 56.3 Å². The molecule has 0 saturated carbocycles. The summed E-state index contributed by atoms with van der Waals surface area (Å²) in [6.07, 6.45) is 0. The topological polar surface area (TPSA) is 69.7 Å². The molecule has 3 amide bonds. The number of para-hydroxylation sites is 1. The Kier molecular flexibility index (Phi) is 5.40. The van der Waals surface area contributed by atoms with Gasteiger partial charge in [-0.1, -0.05) is 35.9 Å². The Labute approximate surface area is 200 Å². The van der Waals surface area contributed by atoms with Crippen LogP contribution in [0.2, 0.25) is 0 Å². The molecule has 2 aliphatic rings. The van der Waals surface area contributed by atoms with Crippen LogP contribution in [-0.2, 0) is 19.3 Å². The molecule has 0 aliphatic carbocycles. The van der Waals surface area contributed by atoms with Crippen LogP contribution in [0.3, 0.4) is 0 Å². The molecule has 1 spiro atoms. The summed E-state index contributed by atoms with van der Waals surface area (Å²) in [6, 6.07) is 18.5. The maximum atomic E-state index is 14.0. The highest BCUT2D eigenvalue weighted by atomic mass is 32.2. The molecule has 0 bridgehead atoms. The van der Waals surface area contributed by atoms with Gasteiger partial charge in [0.2, 0.25) is 16.7 Å². The number of hydrogen-bond donors (Lipinski definition) is 1. The molecular weight excluding hydrogens is 453 g/mol. The molecule has 1 N–H and O–H groups in total. The van der Waals surface area contributed by atoms with Crippen LogP contribution >= 0.6 is 11.8 Å². The molecule has 1 atom stereocenters. The van der Waals surface area contributed by atoms with E-state index in [1.54, 1.807) is 0 Å². The number of aryl methyl sites for hydroxylation is 2. The number of nitrogens with zero attached hydrogens (tertiary/aromatic N) is 2. The lowest BCUT2D eigenvalue weighted by Crippen LogP contribution is -2.50. The summed E-state index contributed by atoms with van der Waals surface area (Å²) in [5.41, 5.74) is 4.25. The van der Waals surface area contributed by atoms with E-state index in [1.165, 1.54) is 45.8 Å². The Hall–Kier alpha value is -3.65. The number of rotatable bonds is 4. The van der Waals surface area contributed by atoms with Crippen LogP contribution in [0.1, 0.15) is 16.7 Å². The van der Waals surface area contributed by atoms with E-state index in [2.05, 4.69) is 5.32 Å². The van der Waals surface area contributed by atoms with Crippen molar-refractivity contribution in [1.82, 2.24) is 0 Å². The summed E-state index contributed by atoms with van der Waals surface area (Å²) in [7, 11) is 0. The molecule has 0 radical (unpaired) electrons. The molecule has 34 heavy (non-hydrogen) atoms. The van der Waals surface area contributed by atoms with E-state index < -0.39 is 10.7 Å². The highest BCUT2D eigenvalue weighted by Crippen LogP contribution is 2.56. The van der Waals surface area contributed by atoms with Crippen molar-refractivity contribution in [3.05, 3.63) is 89.2 Å². The van der Waals surface area contributed by atoms with Crippen molar-refractivity contribution in [2.45, 2.75) is 18.7 Å². The van der Waals surface area contributed by atoms with Gasteiger partial charge < -0.3 is 5.32 Å². The Morgan fingerprint density at radius 1 is 1.03 bits per heavy atom. The van der Waals surface area contributed by atoms with Gasteiger partial charge in [0.1, 0.15) is 12.4 Å². The molecule has 3 aromatic rings. The largest absolute Gasteiger partial charge is 0.325 e.